The van der Waals surface area contributed by atoms with Gasteiger partial charge >= 0.3 is 0 Å². The van der Waals surface area contributed by atoms with Crippen LogP contribution in [0.15, 0.2) is 40.8 Å². The molecule has 2 amide bonds. The summed E-state index contributed by atoms with van der Waals surface area (Å²) in [5.41, 5.74) is 2.74. The number of rotatable bonds is 6. The molecular formula is C26H37N3O3. The molecule has 0 saturated carbocycles. The van der Waals surface area contributed by atoms with Gasteiger partial charge in [-0.25, -0.2) is 0 Å². The summed E-state index contributed by atoms with van der Waals surface area (Å²) in [6.07, 6.45) is 0. The van der Waals surface area contributed by atoms with Crippen LogP contribution in [0.2, 0.25) is 0 Å². The zero-order valence-corrected chi connectivity index (χ0v) is 20.4. The molecule has 0 radical (unpaired) electrons. The van der Waals surface area contributed by atoms with E-state index in [2.05, 4.69) is 63.8 Å². The molecule has 1 fully saturated rings. The molecule has 1 saturated heterocycles. The van der Waals surface area contributed by atoms with E-state index >= 15 is 0 Å². The molecule has 6 heteroatoms. The van der Waals surface area contributed by atoms with Gasteiger partial charge in [0, 0.05) is 45.7 Å². The maximum absolute atomic E-state index is 12.8. The van der Waals surface area contributed by atoms with Gasteiger partial charge in [-0.1, -0.05) is 45.0 Å². The van der Waals surface area contributed by atoms with Gasteiger partial charge in [-0.3, -0.25) is 14.5 Å². The molecule has 174 valence electrons. The maximum Gasteiger partial charge on any atom is 0.289 e. The minimum atomic E-state index is -0.103. The Bertz CT molecular complexity index is 917. The van der Waals surface area contributed by atoms with Crippen LogP contribution in [0.5, 0.6) is 0 Å². The fourth-order valence-corrected chi connectivity index (χ4v) is 3.92. The maximum atomic E-state index is 12.8. The van der Waals surface area contributed by atoms with Crippen LogP contribution >= 0.6 is 0 Å². The number of furan rings is 1. The van der Waals surface area contributed by atoms with Crippen LogP contribution in [0, 0.1) is 0 Å². The van der Waals surface area contributed by atoms with E-state index in [1.165, 1.54) is 11.1 Å². The summed E-state index contributed by atoms with van der Waals surface area (Å²) >= 11 is 0. The highest BCUT2D eigenvalue weighted by Gasteiger charge is 2.25. The van der Waals surface area contributed by atoms with Crippen molar-refractivity contribution in [2.45, 2.75) is 66.1 Å². The predicted octanol–water partition coefficient (Wildman–Crippen LogP) is 4.29. The summed E-state index contributed by atoms with van der Waals surface area (Å²) in [5.74, 6) is 1.11. The van der Waals surface area contributed by atoms with Crippen molar-refractivity contribution in [2.24, 2.45) is 0 Å². The summed E-state index contributed by atoms with van der Waals surface area (Å²) in [4.78, 5) is 30.2. The second-order valence-corrected chi connectivity index (χ2v) is 10.0. The number of amides is 2. The van der Waals surface area contributed by atoms with Gasteiger partial charge in [-0.15, -0.1) is 0 Å². The number of benzene rings is 1. The van der Waals surface area contributed by atoms with Gasteiger partial charge in [0.2, 0.25) is 5.91 Å². The molecule has 6 nitrogen and oxygen atoms in total. The molecule has 0 spiro atoms. The van der Waals surface area contributed by atoms with Gasteiger partial charge in [-0.05, 0) is 42.5 Å². The minimum Gasteiger partial charge on any atom is -0.455 e. The standard InChI is InChI=1S/C26H37N3O3/c1-19(2)29(17-21-7-9-22(10-8-21)26(4,5)6)18-23-11-12-24(32-23)25(31)28-15-13-27(14-16-28)20(3)30/h7-12,19H,13-18H2,1-6H3. The third-order valence-corrected chi connectivity index (χ3v) is 6.18. The Morgan fingerprint density at radius 1 is 0.938 bits per heavy atom. The Hall–Kier alpha value is -2.60. The first-order valence-electron chi connectivity index (χ1n) is 11.5. The average Bonchev–Trinajstić information content (AvgIpc) is 3.21. The van der Waals surface area contributed by atoms with E-state index in [0.29, 0.717) is 44.5 Å². The highest BCUT2D eigenvalue weighted by Crippen LogP contribution is 2.23. The van der Waals surface area contributed by atoms with Crippen molar-refractivity contribution in [1.29, 1.82) is 0 Å². The summed E-state index contributed by atoms with van der Waals surface area (Å²) in [5, 5.41) is 0. The molecule has 0 atom stereocenters. The third-order valence-electron chi connectivity index (χ3n) is 6.18. The van der Waals surface area contributed by atoms with Crippen molar-refractivity contribution in [3.63, 3.8) is 0 Å². The number of carbonyl (C=O) groups is 2. The minimum absolute atomic E-state index is 0.0548. The molecule has 1 aromatic heterocycles. The monoisotopic (exact) mass is 439 g/mol. The van der Waals surface area contributed by atoms with Crippen LogP contribution in [0.25, 0.3) is 0 Å². The average molecular weight is 440 g/mol. The Kier molecular flexibility index (Phi) is 7.44. The van der Waals surface area contributed by atoms with E-state index < -0.39 is 0 Å². The molecule has 3 rings (SSSR count). The highest BCUT2D eigenvalue weighted by molar-refractivity contribution is 5.91. The van der Waals surface area contributed by atoms with Crippen LogP contribution in [-0.4, -0.2) is 58.7 Å². The van der Waals surface area contributed by atoms with Crippen LogP contribution in [0.3, 0.4) is 0 Å². The molecule has 0 unspecified atom stereocenters. The molecule has 0 N–H and O–H groups in total. The first-order valence-corrected chi connectivity index (χ1v) is 11.5. The fourth-order valence-electron chi connectivity index (χ4n) is 3.92. The van der Waals surface area contributed by atoms with Gasteiger partial charge < -0.3 is 14.2 Å². The molecule has 2 heterocycles. The molecule has 1 aliphatic rings. The third kappa shape index (κ3) is 6.00. The Morgan fingerprint density at radius 2 is 1.53 bits per heavy atom. The van der Waals surface area contributed by atoms with Crippen LogP contribution in [0.4, 0.5) is 0 Å². The zero-order valence-electron chi connectivity index (χ0n) is 20.4. The van der Waals surface area contributed by atoms with Crippen LogP contribution < -0.4 is 0 Å². The number of piperazine rings is 1. The van der Waals surface area contributed by atoms with E-state index in [9.17, 15) is 9.59 Å². The van der Waals surface area contributed by atoms with E-state index in [0.717, 1.165) is 12.3 Å². The summed E-state index contributed by atoms with van der Waals surface area (Å²) in [6, 6.07) is 12.8. The number of hydrogen-bond donors (Lipinski definition) is 0. The normalized spacial score (nSPS) is 15.0. The molecule has 1 aromatic carbocycles. The lowest BCUT2D eigenvalue weighted by molar-refractivity contribution is -0.130. The quantitative estimate of drug-likeness (QED) is 0.674. The molecular weight excluding hydrogens is 402 g/mol. The second kappa shape index (κ2) is 9.90. The summed E-state index contributed by atoms with van der Waals surface area (Å²) in [6.45, 7) is 16.3. The lowest BCUT2D eigenvalue weighted by Crippen LogP contribution is -2.50. The van der Waals surface area contributed by atoms with E-state index in [1.54, 1.807) is 22.8 Å². The smallest absolute Gasteiger partial charge is 0.289 e. The largest absolute Gasteiger partial charge is 0.455 e. The molecule has 32 heavy (non-hydrogen) atoms. The summed E-state index contributed by atoms with van der Waals surface area (Å²) in [7, 11) is 0. The van der Waals surface area contributed by atoms with Crippen molar-refractivity contribution < 1.29 is 14.0 Å². The Balaban J connectivity index is 1.62. The van der Waals surface area contributed by atoms with Crippen LogP contribution in [-0.2, 0) is 23.3 Å². The van der Waals surface area contributed by atoms with Crippen molar-refractivity contribution in [3.05, 3.63) is 59.0 Å². The lowest BCUT2D eigenvalue weighted by atomic mass is 9.87. The first kappa shape index (κ1) is 24.1. The molecule has 1 aliphatic heterocycles. The first-order chi connectivity index (χ1) is 15.0. The zero-order chi connectivity index (χ0) is 23.5. The SMILES string of the molecule is CC(=O)N1CCN(C(=O)c2ccc(CN(Cc3ccc(C(C)(C)C)cc3)C(C)C)o2)CC1. The molecule has 2 aromatic rings. The second-order valence-electron chi connectivity index (χ2n) is 10.0. The van der Waals surface area contributed by atoms with Crippen molar-refractivity contribution in [2.75, 3.05) is 26.2 Å². The van der Waals surface area contributed by atoms with Gasteiger partial charge in [-0.2, -0.15) is 0 Å². The Morgan fingerprint density at radius 3 is 2.06 bits per heavy atom. The van der Waals surface area contributed by atoms with Crippen molar-refractivity contribution in [1.82, 2.24) is 14.7 Å². The van der Waals surface area contributed by atoms with Crippen molar-refractivity contribution in [3.8, 4) is 0 Å². The number of carbonyl (C=O) groups excluding carboxylic acids is 2. The number of hydrogen-bond acceptors (Lipinski definition) is 4. The highest BCUT2D eigenvalue weighted by atomic mass is 16.4. The van der Waals surface area contributed by atoms with Gasteiger partial charge in [0.25, 0.3) is 5.91 Å². The van der Waals surface area contributed by atoms with Gasteiger partial charge in [0.1, 0.15) is 5.76 Å². The van der Waals surface area contributed by atoms with Crippen LogP contribution in [0.1, 0.15) is 69.0 Å². The Labute approximate surface area is 192 Å². The van der Waals surface area contributed by atoms with Gasteiger partial charge in [0.05, 0.1) is 6.54 Å². The number of nitrogens with zero attached hydrogens (tertiary/aromatic N) is 3. The van der Waals surface area contributed by atoms with E-state index in [4.69, 9.17) is 4.42 Å². The molecule has 0 aliphatic carbocycles. The van der Waals surface area contributed by atoms with E-state index in [-0.39, 0.29) is 17.2 Å². The van der Waals surface area contributed by atoms with Gasteiger partial charge in [0.15, 0.2) is 5.76 Å². The predicted molar refractivity (Wildman–Crippen MR) is 126 cm³/mol. The summed E-state index contributed by atoms with van der Waals surface area (Å²) < 4.78 is 5.94. The van der Waals surface area contributed by atoms with Crippen molar-refractivity contribution >= 4 is 11.8 Å². The lowest BCUT2D eigenvalue weighted by Gasteiger charge is -2.33. The topological polar surface area (TPSA) is 57.0 Å². The van der Waals surface area contributed by atoms with E-state index in [1.807, 2.05) is 6.07 Å². The fraction of sp³-hybridized carbons (Fsp3) is 0.538. The molecule has 0 bridgehead atoms.